The Kier molecular flexibility index (Phi) is 6.35. The summed E-state index contributed by atoms with van der Waals surface area (Å²) in [6, 6.07) is 19.7. The van der Waals surface area contributed by atoms with Crippen LogP contribution in [0.3, 0.4) is 0 Å². The van der Waals surface area contributed by atoms with Crippen LogP contribution >= 0.6 is 0 Å². The average molecular weight is 510 g/mol. The lowest BCUT2D eigenvalue weighted by atomic mass is 9.87. The van der Waals surface area contributed by atoms with Crippen molar-refractivity contribution in [2.24, 2.45) is 11.8 Å². The molecule has 0 aliphatic heterocycles. The van der Waals surface area contributed by atoms with Gasteiger partial charge in [-0.05, 0) is 98.0 Å². The van der Waals surface area contributed by atoms with E-state index in [1.165, 1.54) is 23.3 Å². The highest BCUT2D eigenvalue weighted by Crippen LogP contribution is 2.42. The lowest BCUT2D eigenvalue weighted by Gasteiger charge is -2.26. The summed E-state index contributed by atoms with van der Waals surface area (Å²) in [6.07, 6.45) is 4.88. The number of aromatic nitrogens is 2. The van der Waals surface area contributed by atoms with Crippen LogP contribution in [0.25, 0.3) is 22.3 Å². The number of rotatable bonds is 7. The SMILES string of the molecule is O=C(N[C@@H]1CCCc2ccccc21)c1ccc2nc(-c3ccc(F)cc3)c(CC[C@H]3C[C@@H]3C(=O)O)nc2c1. The van der Waals surface area contributed by atoms with E-state index in [4.69, 9.17) is 9.97 Å². The zero-order chi connectivity index (χ0) is 26.2. The lowest BCUT2D eigenvalue weighted by molar-refractivity contribution is -0.138. The Bertz CT molecular complexity index is 1540. The number of carbonyl (C=O) groups excluding carboxylic acids is 1. The van der Waals surface area contributed by atoms with E-state index in [0.717, 1.165) is 30.5 Å². The van der Waals surface area contributed by atoms with Crippen molar-refractivity contribution in [3.63, 3.8) is 0 Å². The molecule has 0 spiro atoms. The summed E-state index contributed by atoms with van der Waals surface area (Å²) in [5, 5.41) is 12.5. The molecular formula is C31H28FN3O3. The van der Waals surface area contributed by atoms with Crippen LogP contribution in [-0.4, -0.2) is 27.0 Å². The zero-order valence-electron chi connectivity index (χ0n) is 20.9. The van der Waals surface area contributed by atoms with Gasteiger partial charge in [-0.15, -0.1) is 0 Å². The highest BCUT2D eigenvalue weighted by molar-refractivity contribution is 5.97. The molecule has 1 aromatic heterocycles. The standard InChI is InChI=1S/C31H28FN3O3/c32-22-12-8-19(9-13-22)29-27(15-10-20-16-24(20)31(37)38)33-28-17-21(11-14-26(28)34-29)30(36)35-25-7-3-5-18-4-1-2-6-23(18)25/h1-2,4,6,8-9,11-14,17,20,24-25H,3,5,7,10,15-16H2,(H,35,36)(H,37,38)/t20-,24-,25+/m0/s1. The molecule has 4 aromatic rings. The van der Waals surface area contributed by atoms with Gasteiger partial charge >= 0.3 is 5.97 Å². The van der Waals surface area contributed by atoms with E-state index in [0.29, 0.717) is 41.6 Å². The molecule has 0 radical (unpaired) electrons. The Hall–Kier alpha value is -4.13. The van der Waals surface area contributed by atoms with Gasteiger partial charge in [-0.1, -0.05) is 24.3 Å². The van der Waals surface area contributed by atoms with Crippen molar-refractivity contribution in [1.29, 1.82) is 0 Å². The molecule has 1 fully saturated rings. The number of halogens is 1. The molecule has 1 amide bonds. The smallest absolute Gasteiger partial charge is 0.306 e. The van der Waals surface area contributed by atoms with Gasteiger partial charge in [0.25, 0.3) is 5.91 Å². The second-order valence-corrected chi connectivity index (χ2v) is 10.3. The molecule has 3 aromatic carbocycles. The quantitative estimate of drug-likeness (QED) is 0.324. The molecule has 2 aliphatic rings. The second kappa shape index (κ2) is 9.97. The number of aliphatic carboxylic acids is 1. The van der Waals surface area contributed by atoms with Crippen molar-refractivity contribution >= 4 is 22.9 Å². The fourth-order valence-electron chi connectivity index (χ4n) is 5.58. The van der Waals surface area contributed by atoms with Gasteiger partial charge in [0, 0.05) is 11.1 Å². The van der Waals surface area contributed by atoms with Crippen molar-refractivity contribution in [3.05, 3.63) is 94.9 Å². The summed E-state index contributed by atoms with van der Waals surface area (Å²) in [5.74, 6) is -1.40. The van der Waals surface area contributed by atoms with Crippen LogP contribution in [0, 0.1) is 17.7 Å². The topological polar surface area (TPSA) is 92.2 Å². The largest absolute Gasteiger partial charge is 0.481 e. The highest BCUT2D eigenvalue weighted by atomic mass is 19.1. The Morgan fingerprint density at radius 3 is 2.61 bits per heavy atom. The maximum absolute atomic E-state index is 13.6. The number of nitrogens with one attached hydrogen (secondary N) is 1. The van der Waals surface area contributed by atoms with E-state index in [1.807, 2.05) is 12.1 Å². The van der Waals surface area contributed by atoms with E-state index in [2.05, 4.69) is 17.4 Å². The third-order valence-electron chi connectivity index (χ3n) is 7.78. The maximum Gasteiger partial charge on any atom is 0.306 e. The molecule has 192 valence electrons. The number of hydrogen-bond acceptors (Lipinski definition) is 4. The minimum atomic E-state index is -0.755. The molecule has 1 heterocycles. The Morgan fingerprint density at radius 1 is 1.00 bits per heavy atom. The van der Waals surface area contributed by atoms with Crippen LogP contribution in [0.4, 0.5) is 4.39 Å². The van der Waals surface area contributed by atoms with Crippen LogP contribution in [-0.2, 0) is 17.6 Å². The number of nitrogens with zero attached hydrogens (tertiary/aromatic N) is 2. The molecule has 3 atom stereocenters. The first kappa shape index (κ1) is 24.2. The van der Waals surface area contributed by atoms with Crippen LogP contribution in [0.5, 0.6) is 0 Å². The molecule has 7 heteroatoms. The maximum atomic E-state index is 13.6. The van der Waals surface area contributed by atoms with Crippen LogP contribution in [0.15, 0.2) is 66.7 Å². The van der Waals surface area contributed by atoms with Crippen molar-refractivity contribution < 1.29 is 19.1 Å². The monoisotopic (exact) mass is 509 g/mol. The normalized spacial score (nSPS) is 20.1. The van der Waals surface area contributed by atoms with Crippen LogP contribution in [0.2, 0.25) is 0 Å². The first-order valence-electron chi connectivity index (χ1n) is 13.1. The van der Waals surface area contributed by atoms with Crippen molar-refractivity contribution in [2.45, 2.75) is 44.6 Å². The lowest BCUT2D eigenvalue weighted by Crippen LogP contribution is -2.31. The molecule has 38 heavy (non-hydrogen) atoms. The number of amides is 1. The molecule has 0 unspecified atom stereocenters. The summed E-state index contributed by atoms with van der Waals surface area (Å²) in [5.41, 5.74) is 6.35. The van der Waals surface area contributed by atoms with Crippen LogP contribution in [0.1, 0.15) is 58.9 Å². The molecule has 6 nitrogen and oxygen atoms in total. The minimum absolute atomic E-state index is 0.0219. The van der Waals surface area contributed by atoms with Gasteiger partial charge < -0.3 is 10.4 Å². The number of aryl methyl sites for hydroxylation is 2. The highest BCUT2D eigenvalue weighted by Gasteiger charge is 2.42. The van der Waals surface area contributed by atoms with Gasteiger partial charge in [-0.25, -0.2) is 14.4 Å². The minimum Gasteiger partial charge on any atom is -0.481 e. The Labute approximate surface area is 220 Å². The Morgan fingerprint density at radius 2 is 1.82 bits per heavy atom. The van der Waals surface area contributed by atoms with E-state index in [-0.39, 0.29) is 29.6 Å². The number of carbonyl (C=O) groups is 2. The molecule has 6 rings (SSSR count). The van der Waals surface area contributed by atoms with E-state index < -0.39 is 5.97 Å². The number of carboxylic acids is 1. The van der Waals surface area contributed by atoms with Crippen molar-refractivity contribution in [2.75, 3.05) is 0 Å². The molecule has 2 N–H and O–H groups in total. The van der Waals surface area contributed by atoms with E-state index >= 15 is 0 Å². The predicted octanol–water partition coefficient (Wildman–Crippen LogP) is 5.90. The molecule has 2 aliphatic carbocycles. The number of fused-ring (bicyclic) bond motifs is 2. The predicted molar refractivity (Wildman–Crippen MR) is 142 cm³/mol. The van der Waals surface area contributed by atoms with Gasteiger partial charge in [0.05, 0.1) is 34.4 Å². The summed E-state index contributed by atoms with van der Waals surface area (Å²) >= 11 is 0. The van der Waals surface area contributed by atoms with Gasteiger partial charge in [0.1, 0.15) is 5.82 Å². The molecule has 0 bridgehead atoms. The number of hydrogen-bond donors (Lipinski definition) is 2. The number of carboxylic acid groups (broad SMARTS) is 1. The van der Waals surface area contributed by atoms with Crippen LogP contribution < -0.4 is 5.32 Å². The van der Waals surface area contributed by atoms with Gasteiger partial charge in [0.15, 0.2) is 0 Å². The fraction of sp³-hybridized carbons (Fsp3) is 0.290. The molecular weight excluding hydrogens is 481 g/mol. The van der Waals surface area contributed by atoms with Gasteiger partial charge in [-0.3, -0.25) is 9.59 Å². The van der Waals surface area contributed by atoms with Crippen molar-refractivity contribution in [3.8, 4) is 11.3 Å². The zero-order valence-corrected chi connectivity index (χ0v) is 20.9. The van der Waals surface area contributed by atoms with E-state index in [1.54, 1.807) is 30.3 Å². The Balaban J connectivity index is 1.29. The third kappa shape index (κ3) is 4.88. The summed E-state index contributed by atoms with van der Waals surface area (Å²) in [4.78, 5) is 34.3. The summed E-state index contributed by atoms with van der Waals surface area (Å²) in [7, 11) is 0. The summed E-state index contributed by atoms with van der Waals surface area (Å²) < 4.78 is 13.6. The first-order valence-corrected chi connectivity index (χ1v) is 13.1. The third-order valence-corrected chi connectivity index (χ3v) is 7.78. The van der Waals surface area contributed by atoms with Gasteiger partial charge in [0.2, 0.25) is 0 Å². The fourth-order valence-corrected chi connectivity index (χ4v) is 5.58. The summed E-state index contributed by atoms with van der Waals surface area (Å²) in [6.45, 7) is 0. The van der Waals surface area contributed by atoms with Crippen molar-refractivity contribution in [1.82, 2.24) is 15.3 Å². The number of benzene rings is 3. The molecule has 0 saturated heterocycles. The van der Waals surface area contributed by atoms with Gasteiger partial charge in [-0.2, -0.15) is 0 Å². The average Bonchev–Trinajstić information content (AvgIpc) is 3.72. The van der Waals surface area contributed by atoms with E-state index in [9.17, 15) is 19.1 Å². The first-order chi connectivity index (χ1) is 18.5. The molecule has 1 saturated carbocycles. The second-order valence-electron chi connectivity index (χ2n) is 10.3.